The van der Waals surface area contributed by atoms with Gasteiger partial charge in [-0.2, -0.15) is 0 Å². The summed E-state index contributed by atoms with van der Waals surface area (Å²) in [6, 6.07) is 10.1. The molecule has 0 aromatic heterocycles. The van der Waals surface area contributed by atoms with E-state index in [1.165, 1.54) is 0 Å². The molecule has 0 spiro atoms. The summed E-state index contributed by atoms with van der Waals surface area (Å²) < 4.78 is 0. The van der Waals surface area contributed by atoms with Crippen molar-refractivity contribution in [1.29, 1.82) is 0 Å². The molecule has 0 fully saturated rings. The molecule has 1 aromatic rings. The second-order valence-electron chi connectivity index (χ2n) is 4.35. The molecule has 0 unspecified atom stereocenters. The lowest BCUT2D eigenvalue weighted by atomic mass is 10.2. The Balaban J connectivity index is 0.000000288. The molecule has 1 aromatic carbocycles. The number of rotatable bonds is 3. The van der Waals surface area contributed by atoms with Gasteiger partial charge in [-0.25, -0.2) is 0 Å². The molecule has 0 atom stereocenters. The first kappa shape index (κ1) is 15.0. The zero-order chi connectivity index (χ0) is 12.6. The van der Waals surface area contributed by atoms with Crippen molar-refractivity contribution < 1.29 is 5.11 Å². The Hall–Kier alpha value is -1.02. The number of benzene rings is 1. The molecule has 0 aliphatic heterocycles. The Morgan fingerprint density at radius 3 is 1.56 bits per heavy atom. The molecule has 0 bridgehead atoms. The second kappa shape index (κ2) is 8.17. The van der Waals surface area contributed by atoms with Gasteiger partial charge >= 0.3 is 0 Å². The Morgan fingerprint density at radius 1 is 1.00 bits per heavy atom. The van der Waals surface area contributed by atoms with E-state index in [1.54, 1.807) is 24.3 Å². The van der Waals surface area contributed by atoms with Gasteiger partial charge in [0.05, 0.1) is 0 Å². The van der Waals surface area contributed by atoms with Crippen LogP contribution in [0.15, 0.2) is 30.3 Å². The van der Waals surface area contributed by atoms with Crippen molar-refractivity contribution in [3.63, 3.8) is 0 Å². The van der Waals surface area contributed by atoms with Crippen molar-refractivity contribution in [1.82, 2.24) is 4.90 Å². The highest BCUT2D eigenvalue weighted by molar-refractivity contribution is 5.18. The Kier molecular flexibility index (Phi) is 7.65. The maximum absolute atomic E-state index is 8.63. The molecule has 16 heavy (non-hydrogen) atoms. The van der Waals surface area contributed by atoms with E-state index < -0.39 is 0 Å². The molecule has 1 rings (SSSR count). The van der Waals surface area contributed by atoms with E-state index in [1.807, 2.05) is 6.07 Å². The SMILES string of the molecule is CCN(C(C)C)C(C)C.Oc1ccccc1. The smallest absolute Gasteiger partial charge is 0.115 e. The van der Waals surface area contributed by atoms with Crippen molar-refractivity contribution in [3.05, 3.63) is 30.3 Å². The number of hydrogen-bond acceptors (Lipinski definition) is 2. The molecule has 0 amide bonds. The summed E-state index contributed by atoms with van der Waals surface area (Å²) in [6.45, 7) is 12.3. The molecule has 1 N–H and O–H groups in total. The van der Waals surface area contributed by atoms with Crippen LogP contribution in [0, 0.1) is 0 Å². The summed E-state index contributed by atoms with van der Waals surface area (Å²) >= 11 is 0. The molecule has 0 radical (unpaired) electrons. The molecule has 2 nitrogen and oxygen atoms in total. The van der Waals surface area contributed by atoms with Crippen molar-refractivity contribution in [2.75, 3.05) is 6.54 Å². The van der Waals surface area contributed by atoms with Gasteiger partial charge in [0.2, 0.25) is 0 Å². The summed E-state index contributed by atoms with van der Waals surface area (Å²) in [5.41, 5.74) is 0. The lowest BCUT2D eigenvalue weighted by Gasteiger charge is -2.28. The first-order chi connectivity index (χ1) is 7.49. The van der Waals surface area contributed by atoms with Crippen LogP contribution in [0.5, 0.6) is 5.75 Å². The summed E-state index contributed by atoms with van der Waals surface area (Å²) in [5, 5.41) is 8.63. The summed E-state index contributed by atoms with van der Waals surface area (Å²) in [5.74, 6) is 0.322. The van der Waals surface area contributed by atoms with E-state index in [9.17, 15) is 0 Å². The monoisotopic (exact) mass is 223 g/mol. The second-order valence-corrected chi connectivity index (χ2v) is 4.35. The van der Waals surface area contributed by atoms with Crippen LogP contribution < -0.4 is 0 Å². The van der Waals surface area contributed by atoms with Gasteiger partial charge in [-0.3, -0.25) is 4.90 Å². The first-order valence-electron chi connectivity index (χ1n) is 5.98. The molecular formula is C14H25NO. The largest absolute Gasteiger partial charge is 0.508 e. The standard InChI is InChI=1S/C8H19N.C6H6O/c1-6-9(7(2)3)8(4)5;7-6-4-2-1-3-5-6/h7-8H,6H2,1-5H3;1-5,7H. The normalized spacial score (nSPS) is 10.5. The van der Waals surface area contributed by atoms with Gasteiger partial charge < -0.3 is 5.11 Å². The number of phenols is 1. The quantitative estimate of drug-likeness (QED) is 0.847. The van der Waals surface area contributed by atoms with E-state index in [2.05, 4.69) is 39.5 Å². The average Bonchev–Trinajstić information content (AvgIpc) is 2.19. The lowest BCUT2D eigenvalue weighted by Crippen LogP contribution is -2.36. The van der Waals surface area contributed by atoms with Gasteiger partial charge in [0.15, 0.2) is 0 Å². The third-order valence-electron chi connectivity index (χ3n) is 2.45. The fraction of sp³-hybridized carbons (Fsp3) is 0.571. The third kappa shape index (κ3) is 6.46. The van der Waals surface area contributed by atoms with Crippen LogP contribution in [0.2, 0.25) is 0 Å². The van der Waals surface area contributed by atoms with Gasteiger partial charge in [-0.1, -0.05) is 25.1 Å². The fourth-order valence-corrected chi connectivity index (χ4v) is 1.75. The van der Waals surface area contributed by atoms with Gasteiger partial charge in [-0.15, -0.1) is 0 Å². The number of phenolic OH excluding ortho intramolecular Hbond substituents is 1. The summed E-state index contributed by atoms with van der Waals surface area (Å²) in [7, 11) is 0. The maximum atomic E-state index is 8.63. The van der Waals surface area contributed by atoms with E-state index in [0.717, 1.165) is 6.54 Å². The van der Waals surface area contributed by atoms with Crippen LogP contribution in [0.4, 0.5) is 0 Å². The van der Waals surface area contributed by atoms with Crippen LogP contribution in [0.3, 0.4) is 0 Å². The maximum Gasteiger partial charge on any atom is 0.115 e. The predicted molar refractivity (Wildman–Crippen MR) is 70.8 cm³/mol. The molecule has 0 aliphatic rings. The minimum Gasteiger partial charge on any atom is -0.508 e. The van der Waals surface area contributed by atoms with Gasteiger partial charge in [0, 0.05) is 12.1 Å². The van der Waals surface area contributed by atoms with E-state index >= 15 is 0 Å². The molecule has 2 heteroatoms. The van der Waals surface area contributed by atoms with Crippen molar-refractivity contribution in [2.24, 2.45) is 0 Å². The van der Waals surface area contributed by atoms with Crippen molar-refractivity contribution in [3.8, 4) is 5.75 Å². The zero-order valence-corrected chi connectivity index (χ0v) is 11.1. The Bertz CT molecular complexity index is 249. The van der Waals surface area contributed by atoms with Gasteiger partial charge in [0.25, 0.3) is 0 Å². The molecule has 0 saturated heterocycles. The van der Waals surface area contributed by atoms with E-state index in [0.29, 0.717) is 17.8 Å². The fourth-order valence-electron chi connectivity index (χ4n) is 1.75. The zero-order valence-electron chi connectivity index (χ0n) is 11.1. The Labute approximate surface area is 99.9 Å². The third-order valence-corrected chi connectivity index (χ3v) is 2.45. The van der Waals surface area contributed by atoms with Crippen LogP contribution in [0.1, 0.15) is 34.6 Å². The minimum absolute atomic E-state index is 0.322. The lowest BCUT2D eigenvalue weighted by molar-refractivity contribution is 0.185. The predicted octanol–water partition coefficient (Wildman–Crippen LogP) is 3.52. The first-order valence-corrected chi connectivity index (χ1v) is 5.98. The van der Waals surface area contributed by atoms with Crippen molar-refractivity contribution in [2.45, 2.75) is 46.7 Å². The van der Waals surface area contributed by atoms with Crippen LogP contribution in [0.25, 0.3) is 0 Å². The molecule has 0 saturated carbocycles. The van der Waals surface area contributed by atoms with Crippen LogP contribution >= 0.6 is 0 Å². The summed E-state index contributed by atoms with van der Waals surface area (Å²) in [4.78, 5) is 2.46. The highest BCUT2D eigenvalue weighted by atomic mass is 16.3. The summed E-state index contributed by atoms with van der Waals surface area (Å²) in [6.07, 6.45) is 0. The van der Waals surface area contributed by atoms with Crippen LogP contribution in [-0.4, -0.2) is 28.6 Å². The minimum atomic E-state index is 0.322. The van der Waals surface area contributed by atoms with E-state index in [4.69, 9.17) is 5.11 Å². The van der Waals surface area contributed by atoms with Gasteiger partial charge in [-0.05, 0) is 46.4 Å². The highest BCUT2D eigenvalue weighted by Gasteiger charge is 2.08. The number of aromatic hydroxyl groups is 1. The average molecular weight is 223 g/mol. The number of hydrogen-bond donors (Lipinski definition) is 1. The molecule has 92 valence electrons. The van der Waals surface area contributed by atoms with Crippen LogP contribution in [-0.2, 0) is 0 Å². The highest BCUT2D eigenvalue weighted by Crippen LogP contribution is 2.03. The topological polar surface area (TPSA) is 23.5 Å². The van der Waals surface area contributed by atoms with Gasteiger partial charge in [0.1, 0.15) is 5.75 Å². The number of para-hydroxylation sites is 1. The number of nitrogens with zero attached hydrogens (tertiary/aromatic N) is 1. The molecule has 0 aliphatic carbocycles. The Morgan fingerprint density at radius 2 is 1.44 bits per heavy atom. The molecular weight excluding hydrogens is 198 g/mol. The van der Waals surface area contributed by atoms with E-state index in [-0.39, 0.29) is 0 Å². The van der Waals surface area contributed by atoms with Crippen molar-refractivity contribution >= 4 is 0 Å². The molecule has 0 heterocycles.